The molecule has 7 heteroatoms. The highest BCUT2D eigenvalue weighted by Crippen LogP contribution is 2.22. The first-order valence-electron chi connectivity index (χ1n) is 6.25. The Hall–Kier alpha value is -1.15. The van der Waals surface area contributed by atoms with Crippen molar-refractivity contribution >= 4 is 21.4 Å². The summed E-state index contributed by atoms with van der Waals surface area (Å²) in [6, 6.07) is 6.62. The second-order valence-electron chi connectivity index (χ2n) is 4.52. The minimum absolute atomic E-state index is 0.145. The van der Waals surface area contributed by atoms with Crippen LogP contribution in [0.1, 0.15) is 24.0 Å². The molecular weight excluding hydrogens is 298 g/mol. The van der Waals surface area contributed by atoms with Crippen LogP contribution in [0.3, 0.4) is 0 Å². The van der Waals surface area contributed by atoms with Crippen LogP contribution >= 0.6 is 11.3 Å². The van der Waals surface area contributed by atoms with Gasteiger partial charge in [0.1, 0.15) is 9.97 Å². The Labute approximate surface area is 122 Å². The van der Waals surface area contributed by atoms with E-state index in [9.17, 15) is 8.42 Å². The van der Waals surface area contributed by atoms with Crippen molar-refractivity contribution in [3.63, 3.8) is 0 Å². The fourth-order valence-corrected chi connectivity index (χ4v) is 4.29. The molecule has 0 saturated carbocycles. The fraction of sp³-hybridized carbons (Fsp3) is 0.385. The lowest BCUT2D eigenvalue weighted by Gasteiger charge is -2.12. The molecule has 5 nitrogen and oxygen atoms in total. The Morgan fingerprint density at radius 2 is 2.20 bits per heavy atom. The van der Waals surface area contributed by atoms with Gasteiger partial charge in [0, 0.05) is 17.3 Å². The van der Waals surface area contributed by atoms with Crippen molar-refractivity contribution in [3.8, 4) is 0 Å². The van der Waals surface area contributed by atoms with Crippen LogP contribution in [0.5, 0.6) is 0 Å². The average Bonchev–Trinajstić information content (AvgIpc) is 3.07. The van der Waals surface area contributed by atoms with Gasteiger partial charge in [-0.25, -0.2) is 13.1 Å². The van der Waals surface area contributed by atoms with E-state index in [1.807, 2.05) is 19.1 Å². The van der Waals surface area contributed by atoms with Crippen LogP contribution in [0.4, 0.5) is 0 Å². The Kier molecular flexibility index (Phi) is 4.98. The van der Waals surface area contributed by atoms with Crippen molar-refractivity contribution < 1.29 is 17.9 Å². The highest BCUT2D eigenvalue weighted by Gasteiger charge is 2.19. The Balaban J connectivity index is 1.93. The zero-order chi connectivity index (χ0) is 14.6. The van der Waals surface area contributed by atoms with E-state index in [2.05, 4.69) is 4.72 Å². The molecule has 1 atom stereocenters. The third-order valence-corrected chi connectivity index (χ3v) is 5.97. The van der Waals surface area contributed by atoms with Crippen molar-refractivity contribution in [1.29, 1.82) is 0 Å². The van der Waals surface area contributed by atoms with Crippen molar-refractivity contribution in [2.24, 2.45) is 0 Å². The van der Waals surface area contributed by atoms with Crippen LogP contribution in [0.15, 0.2) is 39.2 Å². The lowest BCUT2D eigenvalue weighted by molar-refractivity contribution is 0.285. The van der Waals surface area contributed by atoms with Crippen LogP contribution in [0.2, 0.25) is 0 Å². The Bertz CT molecular complexity index is 631. The van der Waals surface area contributed by atoms with E-state index in [1.54, 1.807) is 12.3 Å². The maximum absolute atomic E-state index is 12.1. The molecule has 0 aromatic carbocycles. The largest absolute Gasteiger partial charge is 0.469 e. The molecule has 0 saturated heterocycles. The third-order valence-electron chi connectivity index (χ3n) is 2.82. The fourth-order valence-electron chi connectivity index (χ4n) is 1.78. The maximum atomic E-state index is 12.1. The van der Waals surface area contributed by atoms with Gasteiger partial charge in [-0.05, 0) is 37.6 Å². The summed E-state index contributed by atoms with van der Waals surface area (Å²) in [5.74, 6) is 0.842. The van der Waals surface area contributed by atoms with Gasteiger partial charge in [-0.3, -0.25) is 0 Å². The van der Waals surface area contributed by atoms with Gasteiger partial charge in [-0.2, -0.15) is 0 Å². The molecule has 1 unspecified atom stereocenters. The zero-order valence-electron chi connectivity index (χ0n) is 11.1. The first kappa shape index (κ1) is 15.2. The van der Waals surface area contributed by atoms with Crippen molar-refractivity contribution in [2.45, 2.75) is 36.6 Å². The highest BCUT2D eigenvalue weighted by molar-refractivity contribution is 7.91. The number of sulfonamides is 1. The first-order chi connectivity index (χ1) is 9.51. The number of aliphatic hydroxyl groups excluding tert-OH is 1. The number of thiophene rings is 1. The van der Waals surface area contributed by atoms with E-state index in [0.717, 1.165) is 17.1 Å². The van der Waals surface area contributed by atoms with E-state index >= 15 is 0 Å². The average molecular weight is 315 g/mol. The van der Waals surface area contributed by atoms with Gasteiger partial charge >= 0.3 is 0 Å². The molecule has 0 aliphatic heterocycles. The molecule has 0 amide bonds. The van der Waals surface area contributed by atoms with Gasteiger partial charge in [0.25, 0.3) is 0 Å². The minimum atomic E-state index is -3.51. The molecule has 0 bridgehead atoms. The molecule has 0 fully saturated rings. The normalized spacial score (nSPS) is 13.5. The Morgan fingerprint density at radius 1 is 1.40 bits per heavy atom. The van der Waals surface area contributed by atoms with Crippen molar-refractivity contribution in [2.75, 3.05) is 0 Å². The summed E-state index contributed by atoms with van der Waals surface area (Å²) in [6.45, 7) is 1.68. The van der Waals surface area contributed by atoms with Gasteiger partial charge in [0.05, 0.1) is 12.9 Å². The molecule has 2 N–H and O–H groups in total. The molecule has 0 spiro atoms. The number of furan rings is 1. The van der Waals surface area contributed by atoms with E-state index in [0.29, 0.717) is 17.7 Å². The minimum Gasteiger partial charge on any atom is -0.469 e. The van der Waals surface area contributed by atoms with Crippen LogP contribution in [-0.2, 0) is 23.1 Å². The first-order valence-corrected chi connectivity index (χ1v) is 8.55. The van der Waals surface area contributed by atoms with Gasteiger partial charge in [-0.1, -0.05) is 0 Å². The predicted octanol–water partition coefficient (Wildman–Crippen LogP) is 2.13. The van der Waals surface area contributed by atoms with Gasteiger partial charge in [0.2, 0.25) is 10.0 Å². The molecular formula is C13H17NO4S2. The van der Waals surface area contributed by atoms with Crippen LogP contribution in [0.25, 0.3) is 0 Å². The lowest BCUT2D eigenvalue weighted by atomic mass is 10.2. The number of rotatable bonds is 7. The topological polar surface area (TPSA) is 79.5 Å². The summed E-state index contributed by atoms with van der Waals surface area (Å²) in [6.07, 6.45) is 2.94. The van der Waals surface area contributed by atoms with Crippen molar-refractivity contribution in [1.82, 2.24) is 4.72 Å². The summed E-state index contributed by atoms with van der Waals surface area (Å²) in [5, 5.41) is 8.97. The summed E-state index contributed by atoms with van der Waals surface area (Å²) in [7, 11) is -3.51. The van der Waals surface area contributed by atoms with Crippen LogP contribution in [-0.4, -0.2) is 19.6 Å². The van der Waals surface area contributed by atoms with E-state index in [1.165, 1.54) is 6.07 Å². The molecule has 2 rings (SSSR count). The molecule has 0 radical (unpaired) electrons. The Morgan fingerprint density at radius 3 is 2.80 bits per heavy atom. The van der Waals surface area contributed by atoms with E-state index in [-0.39, 0.29) is 16.9 Å². The number of aliphatic hydroxyl groups is 1. The monoisotopic (exact) mass is 315 g/mol. The standard InChI is InChI=1S/C13H17NO4S2/c1-10(4-5-11-3-2-8-18-11)14-20(16,17)13-7-6-12(9-15)19-13/h2-3,6-8,10,14-15H,4-5,9H2,1H3. The number of hydrogen-bond acceptors (Lipinski definition) is 5. The van der Waals surface area contributed by atoms with E-state index in [4.69, 9.17) is 9.52 Å². The summed E-state index contributed by atoms with van der Waals surface area (Å²) < 4.78 is 32.3. The molecule has 0 aliphatic rings. The smallest absolute Gasteiger partial charge is 0.250 e. The molecule has 110 valence electrons. The van der Waals surface area contributed by atoms with Gasteiger partial charge in [0.15, 0.2) is 0 Å². The lowest BCUT2D eigenvalue weighted by Crippen LogP contribution is -2.32. The third kappa shape index (κ3) is 3.92. The number of nitrogens with one attached hydrogen (secondary N) is 1. The SMILES string of the molecule is CC(CCc1ccco1)NS(=O)(=O)c1ccc(CO)s1. The molecule has 2 heterocycles. The second-order valence-corrected chi connectivity index (χ2v) is 7.63. The van der Waals surface area contributed by atoms with Gasteiger partial charge in [-0.15, -0.1) is 11.3 Å². The molecule has 0 aliphatic carbocycles. The molecule has 2 aromatic heterocycles. The highest BCUT2D eigenvalue weighted by atomic mass is 32.2. The summed E-state index contributed by atoms with van der Waals surface area (Å²) >= 11 is 1.08. The number of hydrogen-bond donors (Lipinski definition) is 2. The second kappa shape index (κ2) is 6.53. The quantitative estimate of drug-likeness (QED) is 0.820. The predicted molar refractivity (Wildman–Crippen MR) is 77.1 cm³/mol. The number of aryl methyl sites for hydroxylation is 1. The van der Waals surface area contributed by atoms with Crippen LogP contribution in [0, 0.1) is 0 Å². The zero-order valence-corrected chi connectivity index (χ0v) is 12.7. The van der Waals surface area contributed by atoms with Gasteiger partial charge < -0.3 is 9.52 Å². The van der Waals surface area contributed by atoms with Crippen LogP contribution < -0.4 is 4.72 Å². The summed E-state index contributed by atoms with van der Waals surface area (Å²) in [5.41, 5.74) is 0. The molecule has 2 aromatic rings. The van der Waals surface area contributed by atoms with E-state index < -0.39 is 10.0 Å². The van der Waals surface area contributed by atoms with Crippen molar-refractivity contribution in [3.05, 3.63) is 41.2 Å². The maximum Gasteiger partial charge on any atom is 0.250 e. The molecule has 20 heavy (non-hydrogen) atoms. The summed E-state index contributed by atoms with van der Waals surface area (Å²) in [4.78, 5) is 0.633.